The number of aromatic nitrogens is 1. The Morgan fingerprint density at radius 2 is 1.85 bits per heavy atom. The van der Waals surface area contributed by atoms with E-state index in [-0.39, 0.29) is 18.0 Å². The van der Waals surface area contributed by atoms with Crippen LogP contribution in [0.1, 0.15) is 11.1 Å². The maximum absolute atomic E-state index is 13.3. The van der Waals surface area contributed by atoms with Gasteiger partial charge in [-0.3, -0.25) is 4.98 Å². The number of pyridine rings is 1. The second kappa shape index (κ2) is 6.29. The van der Waals surface area contributed by atoms with Gasteiger partial charge in [0.25, 0.3) is 0 Å². The first-order valence-corrected chi connectivity index (χ1v) is 6.06. The lowest BCUT2D eigenvalue weighted by molar-refractivity contribution is 0.275. The Bertz CT molecular complexity index is 585. The lowest BCUT2D eigenvalue weighted by atomic mass is 10.1. The third-order valence-corrected chi connectivity index (χ3v) is 2.88. The number of phenols is 1. The van der Waals surface area contributed by atoms with Crippen molar-refractivity contribution in [1.29, 1.82) is 0 Å². The van der Waals surface area contributed by atoms with Gasteiger partial charge in [0.05, 0.1) is 19.0 Å². The molecule has 4 nitrogen and oxygen atoms in total. The van der Waals surface area contributed by atoms with Crippen molar-refractivity contribution >= 4 is 5.69 Å². The smallest absolute Gasteiger partial charge is 0.167 e. The van der Waals surface area contributed by atoms with Gasteiger partial charge in [0.2, 0.25) is 0 Å². The van der Waals surface area contributed by atoms with Crippen LogP contribution in [0.15, 0.2) is 30.6 Å². The second-order valence-corrected chi connectivity index (χ2v) is 4.28. The quantitative estimate of drug-likeness (QED) is 0.785. The number of hydrogen-bond acceptors (Lipinski definition) is 4. The van der Waals surface area contributed by atoms with E-state index in [1.807, 2.05) is 0 Å². The molecule has 106 valence electrons. The van der Waals surface area contributed by atoms with Crippen LogP contribution in [-0.4, -0.2) is 21.7 Å². The normalized spacial score (nSPS) is 10.6. The van der Waals surface area contributed by atoms with Crippen molar-refractivity contribution in [3.63, 3.8) is 0 Å². The van der Waals surface area contributed by atoms with Crippen LogP contribution in [-0.2, 0) is 13.0 Å². The molecule has 1 aromatic carbocycles. The molecule has 0 aliphatic heterocycles. The van der Waals surface area contributed by atoms with Crippen molar-refractivity contribution in [3.8, 4) is 5.75 Å². The summed E-state index contributed by atoms with van der Waals surface area (Å²) in [6.07, 6.45) is 2.38. The monoisotopic (exact) mass is 280 g/mol. The van der Waals surface area contributed by atoms with E-state index in [9.17, 15) is 13.9 Å². The Labute approximate surface area is 114 Å². The Balaban J connectivity index is 1.99. The lowest BCUT2D eigenvalue weighted by Gasteiger charge is -2.09. The average molecular weight is 280 g/mol. The fourth-order valence-electron chi connectivity index (χ4n) is 1.83. The number of aliphatic hydroxyl groups excluding tert-OH is 1. The van der Waals surface area contributed by atoms with Crippen LogP contribution in [0, 0.1) is 11.6 Å². The number of aromatic hydroxyl groups is 1. The summed E-state index contributed by atoms with van der Waals surface area (Å²) in [5, 5.41) is 21.1. The summed E-state index contributed by atoms with van der Waals surface area (Å²) in [5.74, 6) is -1.46. The Kier molecular flexibility index (Phi) is 4.47. The van der Waals surface area contributed by atoms with E-state index >= 15 is 0 Å². The molecule has 20 heavy (non-hydrogen) atoms. The van der Waals surface area contributed by atoms with Gasteiger partial charge in [-0.15, -0.1) is 0 Å². The third kappa shape index (κ3) is 3.21. The van der Waals surface area contributed by atoms with Gasteiger partial charge in [-0.2, -0.15) is 0 Å². The summed E-state index contributed by atoms with van der Waals surface area (Å²) >= 11 is 0. The van der Waals surface area contributed by atoms with E-state index in [0.29, 0.717) is 18.5 Å². The van der Waals surface area contributed by atoms with E-state index in [2.05, 4.69) is 10.3 Å². The molecule has 6 heteroatoms. The predicted octanol–water partition coefficient (Wildman–Crippen LogP) is 2.21. The van der Waals surface area contributed by atoms with Crippen LogP contribution in [0.5, 0.6) is 5.75 Å². The summed E-state index contributed by atoms with van der Waals surface area (Å²) in [4.78, 5) is 3.40. The minimum Gasteiger partial charge on any atom is -0.508 e. The minimum atomic E-state index is -0.744. The molecule has 0 spiro atoms. The van der Waals surface area contributed by atoms with Gasteiger partial charge in [-0.25, -0.2) is 8.78 Å². The SMILES string of the molecule is OCc1cc(CCNc2c(F)cncc2F)ccc1O. The van der Waals surface area contributed by atoms with Gasteiger partial charge >= 0.3 is 0 Å². The first-order chi connectivity index (χ1) is 9.61. The van der Waals surface area contributed by atoms with Crippen molar-refractivity contribution < 1.29 is 19.0 Å². The number of nitrogens with zero attached hydrogens (tertiary/aromatic N) is 1. The highest BCUT2D eigenvalue weighted by Gasteiger charge is 2.08. The minimum absolute atomic E-state index is 0.0235. The van der Waals surface area contributed by atoms with Crippen LogP contribution in [0.25, 0.3) is 0 Å². The Hall–Kier alpha value is -2.21. The molecule has 2 rings (SSSR count). The molecule has 1 heterocycles. The number of benzene rings is 1. The van der Waals surface area contributed by atoms with Crippen molar-refractivity contribution in [3.05, 3.63) is 53.4 Å². The van der Waals surface area contributed by atoms with Gasteiger partial charge in [0.15, 0.2) is 11.6 Å². The maximum atomic E-state index is 13.3. The molecule has 1 aromatic heterocycles. The molecule has 0 aliphatic carbocycles. The molecular formula is C14H14F2N2O2. The highest BCUT2D eigenvalue weighted by atomic mass is 19.1. The summed E-state index contributed by atoms with van der Waals surface area (Å²) in [5.41, 5.74) is 1.05. The summed E-state index contributed by atoms with van der Waals surface area (Å²) in [6.45, 7) is 0.0498. The number of halogens is 2. The zero-order valence-electron chi connectivity index (χ0n) is 10.6. The van der Waals surface area contributed by atoms with E-state index < -0.39 is 11.6 Å². The summed E-state index contributed by atoms with van der Waals surface area (Å²) in [7, 11) is 0. The van der Waals surface area contributed by atoms with Crippen LogP contribution in [0.2, 0.25) is 0 Å². The van der Waals surface area contributed by atoms with Gasteiger partial charge in [-0.1, -0.05) is 6.07 Å². The molecule has 0 unspecified atom stereocenters. The molecule has 0 amide bonds. The lowest BCUT2D eigenvalue weighted by Crippen LogP contribution is -2.08. The van der Waals surface area contributed by atoms with Gasteiger partial charge in [-0.05, 0) is 24.1 Å². The summed E-state index contributed by atoms with van der Waals surface area (Å²) < 4.78 is 26.6. The van der Waals surface area contributed by atoms with E-state index in [0.717, 1.165) is 18.0 Å². The zero-order valence-corrected chi connectivity index (χ0v) is 10.6. The maximum Gasteiger partial charge on any atom is 0.167 e. The van der Waals surface area contributed by atoms with Crippen LogP contribution in [0.3, 0.4) is 0 Å². The van der Waals surface area contributed by atoms with Gasteiger partial charge in [0, 0.05) is 12.1 Å². The molecule has 0 bridgehead atoms. The third-order valence-electron chi connectivity index (χ3n) is 2.88. The topological polar surface area (TPSA) is 65.4 Å². The van der Waals surface area contributed by atoms with Crippen LogP contribution < -0.4 is 5.32 Å². The molecule has 0 saturated heterocycles. The highest BCUT2D eigenvalue weighted by Crippen LogP contribution is 2.19. The standard InChI is InChI=1S/C14H14F2N2O2/c15-11-6-17-7-12(16)14(11)18-4-3-9-1-2-13(20)10(5-9)8-19/h1-2,5-7,19-20H,3-4,8H2,(H,17,18). The molecular weight excluding hydrogens is 266 g/mol. The van der Waals surface area contributed by atoms with E-state index in [1.54, 1.807) is 12.1 Å². The molecule has 0 fully saturated rings. The number of aliphatic hydroxyl groups is 1. The van der Waals surface area contributed by atoms with E-state index in [1.165, 1.54) is 6.07 Å². The van der Waals surface area contributed by atoms with Crippen molar-refractivity contribution in [2.75, 3.05) is 11.9 Å². The largest absolute Gasteiger partial charge is 0.508 e. The number of hydrogen-bond donors (Lipinski definition) is 3. The predicted molar refractivity (Wildman–Crippen MR) is 70.4 cm³/mol. The fraction of sp³-hybridized carbons (Fsp3) is 0.214. The Morgan fingerprint density at radius 1 is 1.15 bits per heavy atom. The zero-order chi connectivity index (χ0) is 14.5. The van der Waals surface area contributed by atoms with Gasteiger partial charge in [0.1, 0.15) is 11.4 Å². The Morgan fingerprint density at radius 3 is 2.50 bits per heavy atom. The average Bonchev–Trinajstić information content (AvgIpc) is 2.44. The summed E-state index contributed by atoms with van der Waals surface area (Å²) in [6, 6.07) is 4.82. The fourth-order valence-corrected chi connectivity index (χ4v) is 1.83. The van der Waals surface area contributed by atoms with E-state index in [4.69, 9.17) is 5.11 Å². The van der Waals surface area contributed by atoms with Crippen molar-refractivity contribution in [1.82, 2.24) is 4.98 Å². The molecule has 3 N–H and O–H groups in total. The number of anilines is 1. The molecule has 2 aromatic rings. The van der Waals surface area contributed by atoms with Crippen molar-refractivity contribution in [2.24, 2.45) is 0 Å². The van der Waals surface area contributed by atoms with Crippen molar-refractivity contribution in [2.45, 2.75) is 13.0 Å². The molecule has 0 radical (unpaired) electrons. The number of rotatable bonds is 5. The van der Waals surface area contributed by atoms with Crippen LogP contribution in [0.4, 0.5) is 14.5 Å². The first-order valence-electron chi connectivity index (χ1n) is 6.06. The molecule has 0 atom stereocenters. The molecule has 0 aliphatic rings. The van der Waals surface area contributed by atoms with Gasteiger partial charge < -0.3 is 15.5 Å². The van der Waals surface area contributed by atoms with Crippen LogP contribution >= 0.6 is 0 Å². The first kappa shape index (κ1) is 14.2. The second-order valence-electron chi connectivity index (χ2n) is 4.28. The number of nitrogens with one attached hydrogen (secondary N) is 1. The molecule has 0 saturated carbocycles. The highest BCUT2D eigenvalue weighted by molar-refractivity contribution is 5.44.